The third kappa shape index (κ3) is 5.31. The lowest BCUT2D eigenvalue weighted by Crippen LogP contribution is -2.52. The van der Waals surface area contributed by atoms with E-state index in [9.17, 15) is 14.8 Å². The number of rotatable bonds is 5. The summed E-state index contributed by atoms with van der Waals surface area (Å²) in [5.74, 6) is -0.328. The first kappa shape index (κ1) is 23.5. The summed E-state index contributed by atoms with van der Waals surface area (Å²) < 4.78 is 13.3. The fourth-order valence-corrected chi connectivity index (χ4v) is 4.80. The van der Waals surface area contributed by atoms with Gasteiger partial charge in [0.05, 0.1) is 34.0 Å². The van der Waals surface area contributed by atoms with Crippen molar-refractivity contribution in [1.29, 1.82) is 5.26 Å². The van der Waals surface area contributed by atoms with Crippen LogP contribution in [0.2, 0.25) is 10.0 Å². The van der Waals surface area contributed by atoms with E-state index in [4.69, 9.17) is 23.2 Å². The van der Waals surface area contributed by atoms with Gasteiger partial charge in [0.2, 0.25) is 0 Å². The van der Waals surface area contributed by atoms with Gasteiger partial charge in [-0.1, -0.05) is 47.5 Å². The Balaban J connectivity index is 1.62. The van der Waals surface area contributed by atoms with Gasteiger partial charge < -0.3 is 10.0 Å². The molecule has 2 atom stereocenters. The molecule has 4 nitrogen and oxygen atoms in total. The predicted molar refractivity (Wildman–Crippen MR) is 130 cm³/mol. The van der Waals surface area contributed by atoms with Gasteiger partial charge >= 0.3 is 0 Å². The van der Waals surface area contributed by atoms with Crippen LogP contribution in [0.25, 0.3) is 0 Å². The summed E-state index contributed by atoms with van der Waals surface area (Å²) in [6.07, 6.45) is 0. The highest BCUT2D eigenvalue weighted by molar-refractivity contribution is 6.33. The predicted octanol–water partition coefficient (Wildman–Crippen LogP) is 5.78. The van der Waals surface area contributed by atoms with E-state index < -0.39 is 5.60 Å². The summed E-state index contributed by atoms with van der Waals surface area (Å²) in [4.78, 5) is 4.44. The van der Waals surface area contributed by atoms with Crippen LogP contribution in [0.1, 0.15) is 29.7 Å². The van der Waals surface area contributed by atoms with E-state index in [1.807, 2.05) is 30.3 Å². The standard InChI is InChI=1S/C26H24Cl2FN3O/c1-26(33,20-5-9-22(29)10-6-20)17-31-12-13-32(24-11-2-18(15-30)14-23(24)28)25(16-31)19-3-7-21(27)8-4-19/h2-11,14,25,33H,12-13,16-17H2,1H3/t25-,26-/m0/s1. The normalized spacial score (nSPS) is 18.5. The zero-order chi connectivity index (χ0) is 23.6. The number of β-amino-alcohol motifs (C(OH)–C–C–N with tert-alkyl or cyclic N) is 1. The van der Waals surface area contributed by atoms with Crippen molar-refractivity contribution in [1.82, 2.24) is 4.90 Å². The van der Waals surface area contributed by atoms with Crippen LogP contribution < -0.4 is 4.90 Å². The quantitative estimate of drug-likeness (QED) is 0.499. The van der Waals surface area contributed by atoms with Crippen LogP contribution in [0.3, 0.4) is 0 Å². The van der Waals surface area contributed by atoms with E-state index >= 15 is 0 Å². The van der Waals surface area contributed by atoms with Crippen molar-refractivity contribution in [2.45, 2.75) is 18.6 Å². The van der Waals surface area contributed by atoms with Crippen molar-refractivity contribution < 1.29 is 9.50 Å². The number of nitrogens with zero attached hydrogens (tertiary/aromatic N) is 3. The van der Waals surface area contributed by atoms with Gasteiger partial charge in [-0.25, -0.2) is 4.39 Å². The van der Waals surface area contributed by atoms with Gasteiger partial charge in [-0.15, -0.1) is 0 Å². The number of nitriles is 1. The molecule has 0 spiro atoms. The van der Waals surface area contributed by atoms with E-state index in [1.165, 1.54) is 12.1 Å². The average molecular weight is 484 g/mol. The second kappa shape index (κ2) is 9.70. The van der Waals surface area contributed by atoms with Gasteiger partial charge in [0.25, 0.3) is 0 Å². The van der Waals surface area contributed by atoms with Gasteiger partial charge in [0.1, 0.15) is 5.82 Å². The number of piperazine rings is 1. The van der Waals surface area contributed by atoms with Crippen molar-refractivity contribution in [3.8, 4) is 6.07 Å². The number of hydrogen-bond donors (Lipinski definition) is 1. The zero-order valence-corrected chi connectivity index (χ0v) is 19.7. The molecule has 1 fully saturated rings. The third-order valence-electron chi connectivity index (χ3n) is 6.10. The molecule has 3 aromatic carbocycles. The summed E-state index contributed by atoms with van der Waals surface area (Å²) in [7, 11) is 0. The molecule has 1 aliphatic heterocycles. The highest BCUT2D eigenvalue weighted by Gasteiger charge is 2.34. The summed E-state index contributed by atoms with van der Waals surface area (Å²) in [5, 5.41) is 21.5. The average Bonchev–Trinajstić information content (AvgIpc) is 2.80. The van der Waals surface area contributed by atoms with Crippen molar-refractivity contribution in [2.24, 2.45) is 0 Å². The Kier molecular flexibility index (Phi) is 6.92. The minimum atomic E-state index is -1.13. The Hall–Kier alpha value is -2.62. The summed E-state index contributed by atoms with van der Waals surface area (Å²) >= 11 is 12.7. The molecule has 1 aliphatic rings. The van der Waals surface area contributed by atoms with Crippen LogP contribution in [0, 0.1) is 17.1 Å². The molecule has 0 unspecified atom stereocenters. The monoisotopic (exact) mass is 483 g/mol. The number of aliphatic hydroxyl groups is 1. The second-order valence-corrected chi connectivity index (χ2v) is 9.40. The van der Waals surface area contributed by atoms with Crippen LogP contribution in [0.5, 0.6) is 0 Å². The SMILES string of the molecule is C[C@](O)(CN1CCN(c2ccc(C#N)cc2Cl)[C@H](c2ccc(Cl)cc2)C1)c1ccc(F)cc1. The number of hydrogen-bond acceptors (Lipinski definition) is 4. The molecule has 3 aromatic rings. The fourth-order valence-electron chi connectivity index (χ4n) is 4.39. The van der Waals surface area contributed by atoms with Crippen LogP contribution in [-0.4, -0.2) is 36.2 Å². The Morgan fingerprint density at radius 1 is 1.06 bits per heavy atom. The lowest BCUT2D eigenvalue weighted by molar-refractivity contribution is 0.0102. The molecule has 33 heavy (non-hydrogen) atoms. The molecular formula is C26H24Cl2FN3O. The Morgan fingerprint density at radius 2 is 1.76 bits per heavy atom. The van der Waals surface area contributed by atoms with Gasteiger partial charge in [0, 0.05) is 31.2 Å². The molecular weight excluding hydrogens is 460 g/mol. The summed E-state index contributed by atoms with van der Waals surface area (Å²) in [6.45, 7) is 4.19. The maximum Gasteiger partial charge on any atom is 0.123 e. The fraction of sp³-hybridized carbons (Fsp3) is 0.269. The largest absolute Gasteiger partial charge is 0.384 e. The first-order valence-electron chi connectivity index (χ1n) is 10.7. The molecule has 0 radical (unpaired) electrons. The van der Waals surface area contributed by atoms with Crippen molar-refractivity contribution >= 4 is 28.9 Å². The van der Waals surface area contributed by atoms with Gasteiger partial charge in [-0.05, 0) is 60.5 Å². The minimum Gasteiger partial charge on any atom is -0.384 e. The second-order valence-electron chi connectivity index (χ2n) is 8.55. The van der Waals surface area contributed by atoms with E-state index in [1.54, 1.807) is 31.2 Å². The molecule has 0 bridgehead atoms. The van der Waals surface area contributed by atoms with E-state index in [-0.39, 0.29) is 11.9 Å². The van der Waals surface area contributed by atoms with E-state index in [0.29, 0.717) is 47.4 Å². The van der Waals surface area contributed by atoms with Crippen LogP contribution >= 0.6 is 23.2 Å². The molecule has 7 heteroatoms. The van der Waals surface area contributed by atoms with Crippen molar-refractivity contribution in [3.63, 3.8) is 0 Å². The lowest BCUT2D eigenvalue weighted by Gasteiger charge is -2.45. The highest BCUT2D eigenvalue weighted by Crippen LogP contribution is 2.37. The third-order valence-corrected chi connectivity index (χ3v) is 6.66. The maximum absolute atomic E-state index is 13.3. The molecule has 0 aromatic heterocycles. The molecule has 1 saturated heterocycles. The van der Waals surface area contributed by atoms with Crippen LogP contribution in [0.15, 0.2) is 66.7 Å². The topological polar surface area (TPSA) is 50.5 Å². The number of anilines is 1. The van der Waals surface area contributed by atoms with Crippen LogP contribution in [0.4, 0.5) is 10.1 Å². The highest BCUT2D eigenvalue weighted by atomic mass is 35.5. The zero-order valence-electron chi connectivity index (χ0n) is 18.2. The number of benzene rings is 3. The first-order valence-corrected chi connectivity index (χ1v) is 11.4. The Bertz CT molecular complexity index is 1160. The van der Waals surface area contributed by atoms with Crippen molar-refractivity contribution in [2.75, 3.05) is 31.1 Å². The van der Waals surface area contributed by atoms with Crippen molar-refractivity contribution in [3.05, 3.63) is 99.3 Å². The van der Waals surface area contributed by atoms with Crippen LogP contribution in [-0.2, 0) is 5.60 Å². The first-order chi connectivity index (χ1) is 15.8. The summed E-state index contributed by atoms with van der Waals surface area (Å²) in [5.41, 5.74) is 1.99. The van der Waals surface area contributed by atoms with E-state index in [0.717, 1.165) is 11.3 Å². The number of halogens is 3. The van der Waals surface area contributed by atoms with Gasteiger partial charge in [-0.3, -0.25) is 4.90 Å². The molecule has 4 rings (SSSR count). The van der Waals surface area contributed by atoms with Gasteiger partial charge in [-0.2, -0.15) is 5.26 Å². The lowest BCUT2D eigenvalue weighted by atomic mass is 9.94. The van der Waals surface area contributed by atoms with Gasteiger partial charge in [0.15, 0.2) is 0 Å². The molecule has 0 aliphatic carbocycles. The molecule has 170 valence electrons. The Morgan fingerprint density at radius 3 is 2.39 bits per heavy atom. The molecule has 1 N–H and O–H groups in total. The maximum atomic E-state index is 13.3. The summed E-state index contributed by atoms with van der Waals surface area (Å²) in [6, 6.07) is 21.1. The molecule has 0 amide bonds. The molecule has 1 heterocycles. The molecule has 0 saturated carbocycles. The minimum absolute atomic E-state index is 0.0366. The smallest absolute Gasteiger partial charge is 0.123 e. The van der Waals surface area contributed by atoms with E-state index in [2.05, 4.69) is 15.9 Å². The Labute approximate surface area is 203 Å².